The Bertz CT molecular complexity index is 1870. The van der Waals surface area contributed by atoms with Gasteiger partial charge in [0.25, 0.3) is 11.8 Å². The van der Waals surface area contributed by atoms with Gasteiger partial charge in [-0.25, -0.2) is 0 Å². The van der Waals surface area contributed by atoms with Crippen molar-refractivity contribution < 1.29 is 23.9 Å². The van der Waals surface area contributed by atoms with E-state index in [-0.39, 0.29) is 11.6 Å². The lowest BCUT2D eigenvalue weighted by atomic mass is 10.1. The summed E-state index contributed by atoms with van der Waals surface area (Å²) < 4.78 is 10.8. The predicted molar refractivity (Wildman–Crippen MR) is 179 cm³/mol. The zero-order valence-electron chi connectivity index (χ0n) is 24.9. The highest BCUT2D eigenvalue weighted by Gasteiger charge is 2.18. The van der Waals surface area contributed by atoms with E-state index in [4.69, 9.17) is 9.47 Å². The van der Waals surface area contributed by atoms with Crippen molar-refractivity contribution in [3.63, 3.8) is 0 Å². The Balaban J connectivity index is 1.33. The van der Waals surface area contributed by atoms with E-state index in [1.165, 1.54) is 32.1 Å². The van der Waals surface area contributed by atoms with Gasteiger partial charge in [0.15, 0.2) is 0 Å². The maximum Gasteiger partial charge on any atom is 0.272 e. The van der Waals surface area contributed by atoms with Gasteiger partial charge in [-0.1, -0.05) is 30.3 Å². The topological polar surface area (TPSA) is 122 Å². The first-order valence-electron chi connectivity index (χ1n) is 14.1. The molecule has 0 aliphatic rings. The number of benzene rings is 4. The summed E-state index contributed by atoms with van der Waals surface area (Å²) in [7, 11) is 3.06. The second-order valence-electron chi connectivity index (χ2n) is 10.00. The number of fused-ring (bicyclic) bond motifs is 1. The van der Waals surface area contributed by atoms with Gasteiger partial charge >= 0.3 is 0 Å². The lowest BCUT2D eigenvalue weighted by Gasteiger charge is -2.15. The summed E-state index contributed by atoms with van der Waals surface area (Å²) in [5, 5.41) is 9.22. The molecule has 0 aliphatic carbocycles. The Hall–Kier alpha value is -5.48. The predicted octanol–water partition coefficient (Wildman–Crippen LogP) is 6.71. The van der Waals surface area contributed by atoms with Crippen LogP contribution in [0.2, 0.25) is 0 Å². The average Bonchev–Trinajstić information content (AvgIpc) is 3.53. The minimum absolute atomic E-state index is 0.000226. The number of rotatable bonds is 11. The van der Waals surface area contributed by atoms with Crippen molar-refractivity contribution in [2.24, 2.45) is 0 Å². The molecule has 4 N–H and O–H groups in total. The van der Waals surface area contributed by atoms with E-state index >= 15 is 0 Å². The molecule has 0 radical (unpaired) electrons. The van der Waals surface area contributed by atoms with Crippen molar-refractivity contribution in [3.05, 3.63) is 120 Å². The number of nitrogens with one attached hydrogen (secondary N) is 4. The summed E-state index contributed by atoms with van der Waals surface area (Å²) in [4.78, 5) is 43.6. The highest BCUT2D eigenvalue weighted by atomic mass is 32.2. The fourth-order valence-electron chi connectivity index (χ4n) is 4.52. The third kappa shape index (κ3) is 7.92. The van der Waals surface area contributed by atoms with Crippen LogP contribution in [0.5, 0.6) is 11.5 Å². The molecule has 0 fully saturated rings. The number of carbonyl (C=O) groups excluding carboxylic acids is 3. The smallest absolute Gasteiger partial charge is 0.272 e. The van der Waals surface area contributed by atoms with Crippen molar-refractivity contribution in [2.75, 3.05) is 24.9 Å². The number of thioether (sulfide) groups is 1. The molecule has 10 heteroatoms. The number of aromatic amines is 1. The van der Waals surface area contributed by atoms with Gasteiger partial charge in [-0.15, -0.1) is 11.8 Å². The van der Waals surface area contributed by atoms with E-state index < -0.39 is 17.1 Å². The van der Waals surface area contributed by atoms with Crippen molar-refractivity contribution >= 4 is 57.8 Å². The SMILES string of the molecule is COc1ccc(OC)c(/C=C(/NC(=O)c2ccccc2)C(=O)Nc2cccc(SC(C)C(=O)Nc3ccc4cc[nH]c4c3)c2)c1. The van der Waals surface area contributed by atoms with Crippen LogP contribution in [0.15, 0.2) is 114 Å². The third-order valence-corrected chi connectivity index (χ3v) is 7.96. The molecule has 1 atom stereocenters. The van der Waals surface area contributed by atoms with Gasteiger partial charge < -0.3 is 30.4 Å². The fraction of sp³-hybridized carbons (Fsp3) is 0.114. The van der Waals surface area contributed by atoms with E-state index in [0.717, 1.165) is 15.8 Å². The molecule has 0 saturated heterocycles. The lowest BCUT2D eigenvalue weighted by Crippen LogP contribution is -2.30. The molecule has 1 unspecified atom stereocenters. The summed E-state index contributed by atoms with van der Waals surface area (Å²) in [6, 6.07) is 28.6. The Labute approximate surface area is 265 Å². The fourth-order valence-corrected chi connectivity index (χ4v) is 5.45. The van der Waals surface area contributed by atoms with Gasteiger partial charge in [-0.2, -0.15) is 0 Å². The molecule has 0 aliphatic heterocycles. The van der Waals surface area contributed by atoms with Gasteiger partial charge in [0.1, 0.15) is 17.2 Å². The van der Waals surface area contributed by atoms with Gasteiger partial charge in [-0.3, -0.25) is 14.4 Å². The second-order valence-corrected chi connectivity index (χ2v) is 11.4. The van der Waals surface area contributed by atoms with Crippen LogP contribution in [0.1, 0.15) is 22.8 Å². The first-order valence-corrected chi connectivity index (χ1v) is 15.0. The lowest BCUT2D eigenvalue weighted by molar-refractivity contribution is -0.115. The van der Waals surface area contributed by atoms with Gasteiger partial charge in [-0.05, 0) is 85.1 Å². The molecule has 0 spiro atoms. The monoisotopic (exact) mass is 620 g/mol. The van der Waals surface area contributed by atoms with Crippen LogP contribution in [0.25, 0.3) is 17.0 Å². The molecular weight excluding hydrogens is 588 g/mol. The summed E-state index contributed by atoms with van der Waals surface area (Å²) in [5.74, 6) is -0.0888. The summed E-state index contributed by atoms with van der Waals surface area (Å²) in [6.07, 6.45) is 3.39. The number of hydrogen-bond acceptors (Lipinski definition) is 6. The van der Waals surface area contributed by atoms with Crippen LogP contribution in [0, 0.1) is 0 Å². The van der Waals surface area contributed by atoms with E-state index in [1.807, 2.05) is 43.5 Å². The molecule has 228 valence electrons. The van der Waals surface area contributed by atoms with Crippen molar-refractivity contribution in [1.29, 1.82) is 0 Å². The number of anilines is 2. The van der Waals surface area contributed by atoms with E-state index in [9.17, 15) is 14.4 Å². The van der Waals surface area contributed by atoms with Crippen LogP contribution < -0.4 is 25.4 Å². The Morgan fingerprint density at radius 2 is 1.62 bits per heavy atom. The Kier molecular flexibility index (Phi) is 9.86. The molecule has 3 amide bonds. The van der Waals surface area contributed by atoms with Crippen molar-refractivity contribution in [2.45, 2.75) is 17.1 Å². The number of carbonyl (C=O) groups is 3. The average molecular weight is 621 g/mol. The summed E-state index contributed by atoms with van der Waals surface area (Å²) >= 11 is 1.36. The second kappa shape index (κ2) is 14.3. The van der Waals surface area contributed by atoms with Crippen LogP contribution in [0.4, 0.5) is 11.4 Å². The number of ether oxygens (including phenoxy) is 2. The molecule has 0 saturated carbocycles. The molecule has 1 aromatic heterocycles. The third-order valence-electron chi connectivity index (χ3n) is 6.86. The molecular formula is C35H32N4O5S. The van der Waals surface area contributed by atoms with Gasteiger partial charge in [0.05, 0.1) is 19.5 Å². The number of amides is 3. The van der Waals surface area contributed by atoms with Gasteiger partial charge in [0, 0.05) is 39.1 Å². The standard InChI is InChI=1S/C35H32N4O5S/c1-22(33(40)37-27-13-12-23-16-17-36-30(23)21-27)45-29-11-7-10-26(20-29)38-35(42)31(39-34(41)24-8-5-4-6-9-24)19-25-18-28(43-2)14-15-32(25)44-3/h4-22,36H,1-3H3,(H,37,40)(H,38,42)(H,39,41)/b31-19+. The minimum Gasteiger partial charge on any atom is -0.497 e. The number of methoxy groups -OCH3 is 2. The van der Waals surface area contributed by atoms with Crippen LogP contribution in [0.3, 0.4) is 0 Å². The maximum atomic E-state index is 13.6. The maximum absolute atomic E-state index is 13.6. The largest absolute Gasteiger partial charge is 0.497 e. The number of H-pyrrole nitrogens is 1. The van der Waals surface area contributed by atoms with Crippen LogP contribution in [-0.4, -0.2) is 42.2 Å². The molecule has 1 heterocycles. The van der Waals surface area contributed by atoms with E-state index in [1.54, 1.807) is 66.7 Å². The summed E-state index contributed by atoms with van der Waals surface area (Å²) in [6.45, 7) is 1.82. The Morgan fingerprint density at radius 1 is 0.822 bits per heavy atom. The van der Waals surface area contributed by atoms with Crippen molar-refractivity contribution in [3.8, 4) is 11.5 Å². The normalized spacial score (nSPS) is 11.8. The molecule has 9 nitrogen and oxygen atoms in total. The highest BCUT2D eigenvalue weighted by molar-refractivity contribution is 8.00. The minimum atomic E-state index is -0.545. The number of hydrogen-bond donors (Lipinski definition) is 4. The Morgan fingerprint density at radius 3 is 2.40 bits per heavy atom. The summed E-state index contributed by atoms with van der Waals surface area (Å²) in [5.41, 5.74) is 3.07. The molecule has 5 rings (SSSR count). The zero-order chi connectivity index (χ0) is 31.8. The van der Waals surface area contributed by atoms with Gasteiger partial charge in [0.2, 0.25) is 5.91 Å². The van der Waals surface area contributed by atoms with Crippen LogP contribution in [-0.2, 0) is 9.59 Å². The molecule has 45 heavy (non-hydrogen) atoms. The number of aromatic nitrogens is 1. The molecule has 4 aromatic carbocycles. The molecule has 0 bridgehead atoms. The van der Waals surface area contributed by atoms with Crippen LogP contribution >= 0.6 is 11.8 Å². The quantitative estimate of drug-likeness (QED) is 0.0962. The van der Waals surface area contributed by atoms with E-state index in [2.05, 4.69) is 20.9 Å². The van der Waals surface area contributed by atoms with Crippen molar-refractivity contribution in [1.82, 2.24) is 10.3 Å². The molecule has 5 aromatic rings. The first-order chi connectivity index (χ1) is 21.8. The highest BCUT2D eigenvalue weighted by Crippen LogP contribution is 2.29. The first kappa shape index (κ1) is 31.0. The van der Waals surface area contributed by atoms with E-state index in [0.29, 0.717) is 34.0 Å². The zero-order valence-corrected chi connectivity index (χ0v) is 25.7.